The van der Waals surface area contributed by atoms with Crippen molar-refractivity contribution >= 4 is 41.4 Å². The van der Waals surface area contributed by atoms with Gasteiger partial charge >= 0.3 is 5.97 Å². The lowest BCUT2D eigenvalue weighted by molar-refractivity contribution is -0.142. The first-order valence-corrected chi connectivity index (χ1v) is 11.6. The van der Waals surface area contributed by atoms with Crippen molar-refractivity contribution in [2.75, 3.05) is 6.61 Å². The van der Waals surface area contributed by atoms with Gasteiger partial charge in [0, 0.05) is 19.8 Å². The minimum atomic E-state index is -1.67. The molecule has 1 rings (SSSR count). The van der Waals surface area contributed by atoms with Gasteiger partial charge in [-0.3, -0.25) is 28.8 Å². The van der Waals surface area contributed by atoms with Crippen LogP contribution in [0.4, 0.5) is 0 Å². The molecular weight excluding hydrogens is 520 g/mol. The second-order valence-corrected chi connectivity index (χ2v) is 8.50. The lowest BCUT2D eigenvalue weighted by Crippen LogP contribution is -2.58. The molecule has 0 aliphatic carbocycles. The van der Waals surface area contributed by atoms with Crippen LogP contribution >= 0.6 is 0 Å². The van der Waals surface area contributed by atoms with Gasteiger partial charge in [0.2, 0.25) is 35.4 Å². The number of carbonyl (C=O) groups excluding carboxylic acids is 6. The molecular formula is C23H32N6O10. The highest BCUT2D eigenvalue weighted by Crippen LogP contribution is 2.12. The molecule has 0 saturated carbocycles. The summed E-state index contributed by atoms with van der Waals surface area (Å²) >= 11 is 0. The first kappa shape index (κ1) is 32.3. The highest BCUT2D eigenvalue weighted by molar-refractivity contribution is 5.96. The predicted octanol–water partition coefficient (Wildman–Crippen LogP) is -3.89. The van der Waals surface area contributed by atoms with Gasteiger partial charge < -0.3 is 48.1 Å². The molecule has 0 aliphatic heterocycles. The van der Waals surface area contributed by atoms with Gasteiger partial charge in [-0.05, 0) is 24.1 Å². The summed E-state index contributed by atoms with van der Waals surface area (Å²) in [6.45, 7) is 0.270. The van der Waals surface area contributed by atoms with Gasteiger partial charge in [0.25, 0.3) is 0 Å². The number of hydrogen-bond donors (Lipinski definition) is 9. The van der Waals surface area contributed by atoms with Crippen molar-refractivity contribution in [3.05, 3.63) is 29.8 Å². The summed E-state index contributed by atoms with van der Waals surface area (Å²) in [6.07, 6.45) is -1.69. The van der Waals surface area contributed by atoms with Crippen LogP contribution < -0.4 is 32.7 Å². The number of hydrogen-bond acceptors (Lipinski definition) is 9. The summed E-state index contributed by atoms with van der Waals surface area (Å²) in [7, 11) is 0. The van der Waals surface area contributed by atoms with Crippen LogP contribution in [-0.4, -0.2) is 87.5 Å². The third kappa shape index (κ3) is 11.9. The Morgan fingerprint density at radius 3 is 1.77 bits per heavy atom. The Balaban J connectivity index is 3.09. The smallest absolute Gasteiger partial charge is 0.326 e. The molecule has 0 spiro atoms. The van der Waals surface area contributed by atoms with Crippen molar-refractivity contribution in [2.45, 2.75) is 56.8 Å². The van der Waals surface area contributed by atoms with E-state index in [0.29, 0.717) is 5.56 Å². The fraction of sp³-hybridized carbons (Fsp3) is 0.435. The fourth-order valence-electron chi connectivity index (χ4n) is 3.29. The van der Waals surface area contributed by atoms with Gasteiger partial charge in [-0.25, -0.2) is 4.79 Å². The number of aliphatic hydroxyl groups excluding tert-OH is 1. The number of amides is 6. The number of rotatable bonds is 16. The number of carboxylic acids is 1. The van der Waals surface area contributed by atoms with E-state index in [2.05, 4.69) is 21.3 Å². The third-order valence-electron chi connectivity index (χ3n) is 5.22. The van der Waals surface area contributed by atoms with Crippen LogP contribution in [0.3, 0.4) is 0 Å². The van der Waals surface area contributed by atoms with E-state index < -0.39 is 78.6 Å². The van der Waals surface area contributed by atoms with E-state index in [1.54, 1.807) is 0 Å². The van der Waals surface area contributed by atoms with Crippen LogP contribution in [0.25, 0.3) is 0 Å². The summed E-state index contributed by atoms with van der Waals surface area (Å²) in [4.78, 5) is 84.2. The van der Waals surface area contributed by atoms with Crippen LogP contribution in [0.2, 0.25) is 0 Å². The van der Waals surface area contributed by atoms with Crippen LogP contribution in [0.1, 0.15) is 31.7 Å². The maximum atomic E-state index is 13.0. The van der Waals surface area contributed by atoms with E-state index in [-0.39, 0.29) is 25.0 Å². The fourth-order valence-corrected chi connectivity index (χ4v) is 3.29. The topological polar surface area (TPSA) is 280 Å². The number of aliphatic carboxylic acids is 1. The molecule has 0 aliphatic rings. The van der Waals surface area contributed by atoms with Crippen molar-refractivity contribution in [1.29, 1.82) is 0 Å². The third-order valence-corrected chi connectivity index (χ3v) is 5.22. The van der Waals surface area contributed by atoms with Crippen LogP contribution in [-0.2, 0) is 40.0 Å². The van der Waals surface area contributed by atoms with Crippen molar-refractivity contribution < 1.29 is 48.9 Å². The zero-order valence-corrected chi connectivity index (χ0v) is 21.0. The molecule has 16 nitrogen and oxygen atoms in total. The van der Waals surface area contributed by atoms with Crippen LogP contribution in [0, 0.1) is 0 Å². The van der Waals surface area contributed by atoms with E-state index in [1.807, 2.05) is 0 Å². The number of nitrogens with two attached hydrogens (primary N) is 2. The van der Waals surface area contributed by atoms with Gasteiger partial charge in [-0.2, -0.15) is 0 Å². The largest absolute Gasteiger partial charge is 0.508 e. The van der Waals surface area contributed by atoms with E-state index in [4.69, 9.17) is 11.5 Å². The summed E-state index contributed by atoms with van der Waals surface area (Å²) in [6, 6.07) is -0.605. The minimum Gasteiger partial charge on any atom is -0.508 e. The average Bonchev–Trinajstić information content (AvgIpc) is 2.84. The van der Waals surface area contributed by atoms with Gasteiger partial charge in [0.05, 0.1) is 13.0 Å². The number of phenolic OH excluding ortho intramolecular Hbond substituents is 1. The molecule has 0 aromatic heterocycles. The second-order valence-electron chi connectivity index (χ2n) is 8.50. The Kier molecular flexibility index (Phi) is 12.8. The van der Waals surface area contributed by atoms with Gasteiger partial charge in [0.1, 0.15) is 29.9 Å². The molecule has 0 fully saturated rings. The molecule has 11 N–H and O–H groups in total. The maximum absolute atomic E-state index is 13.0. The Morgan fingerprint density at radius 1 is 0.769 bits per heavy atom. The molecule has 39 heavy (non-hydrogen) atoms. The van der Waals surface area contributed by atoms with E-state index in [1.165, 1.54) is 24.3 Å². The van der Waals surface area contributed by atoms with Crippen molar-refractivity contribution in [2.24, 2.45) is 11.5 Å². The molecule has 0 heterocycles. The van der Waals surface area contributed by atoms with E-state index in [9.17, 15) is 48.9 Å². The van der Waals surface area contributed by atoms with Gasteiger partial charge in [-0.1, -0.05) is 12.1 Å². The summed E-state index contributed by atoms with van der Waals surface area (Å²) < 4.78 is 0. The number of primary amides is 2. The number of carboxylic acid groups (broad SMARTS) is 1. The normalized spacial score (nSPS) is 13.6. The highest BCUT2D eigenvalue weighted by Gasteiger charge is 2.32. The number of aromatic hydroxyl groups is 1. The molecule has 0 radical (unpaired) electrons. The summed E-state index contributed by atoms with van der Waals surface area (Å²) in [5.74, 6) is -7.12. The van der Waals surface area contributed by atoms with Crippen molar-refractivity contribution in [3.63, 3.8) is 0 Å². The first-order valence-electron chi connectivity index (χ1n) is 11.6. The Morgan fingerprint density at radius 2 is 1.28 bits per heavy atom. The van der Waals surface area contributed by atoms with Crippen molar-refractivity contribution in [1.82, 2.24) is 21.3 Å². The molecule has 1 aromatic carbocycles. The van der Waals surface area contributed by atoms with Crippen LogP contribution in [0.15, 0.2) is 24.3 Å². The SMILES string of the molecule is CC(=O)NC(CO)C(=O)NC(CCC(N)=O)C(=O)NC(CC(N)=O)C(=O)NC(Cc1ccc(O)cc1)C(=O)O. The lowest BCUT2D eigenvalue weighted by Gasteiger charge is -2.25. The van der Waals surface area contributed by atoms with E-state index in [0.717, 1.165) is 6.92 Å². The number of carbonyl (C=O) groups is 7. The minimum absolute atomic E-state index is 0.0562. The molecule has 4 atom stereocenters. The second kappa shape index (κ2) is 15.5. The molecule has 214 valence electrons. The zero-order chi connectivity index (χ0) is 29.7. The van der Waals surface area contributed by atoms with Crippen molar-refractivity contribution in [3.8, 4) is 5.75 Å². The maximum Gasteiger partial charge on any atom is 0.326 e. The Labute approximate surface area is 222 Å². The summed E-state index contributed by atoms with van der Waals surface area (Å²) in [5, 5.41) is 37.1. The van der Waals surface area contributed by atoms with Gasteiger partial charge in [0.15, 0.2) is 0 Å². The molecule has 6 amide bonds. The van der Waals surface area contributed by atoms with E-state index >= 15 is 0 Å². The van der Waals surface area contributed by atoms with Crippen LogP contribution in [0.5, 0.6) is 5.75 Å². The molecule has 4 unspecified atom stereocenters. The number of benzene rings is 1. The quantitative estimate of drug-likeness (QED) is 0.0961. The lowest BCUT2D eigenvalue weighted by atomic mass is 10.0. The Hall–Kier alpha value is -4.73. The first-order chi connectivity index (χ1) is 18.2. The molecule has 1 aromatic rings. The summed E-state index contributed by atoms with van der Waals surface area (Å²) in [5.41, 5.74) is 10.8. The monoisotopic (exact) mass is 552 g/mol. The predicted molar refractivity (Wildman–Crippen MR) is 132 cm³/mol. The van der Waals surface area contributed by atoms with Gasteiger partial charge in [-0.15, -0.1) is 0 Å². The average molecular weight is 553 g/mol. The molecule has 16 heteroatoms. The highest BCUT2D eigenvalue weighted by atomic mass is 16.4. The number of phenols is 1. The molecule has 0 saturated heterocycles. The number of nitrogens with one attached hydrogen (secondary N) is 4. The number of aliphatic hydroxyl groups is 1. The zero-order valence-electron chi connectivity index (χ0n) is 21.0. The Bertz CT molecular complexity index is 1080. The molecule has 0 bridgehead atoms. The standard InChI is InChI=1S/C23H32N6O10/c1-11(31)26-17(10-30)22(37)27-14(6-7-18(24)33)20(35)28-15(9-19(25)34)21(36)29-16(23(38)39)8-12-2-4-13(32)5-3-12/h2-5,14-17,30,32H,6-10H2,1H3,(H2,24,33)(H2,25,34)(H,26,31)(H,27,37)(H,28,35)(H,29,36)(H,38,39).